The van der Waals surface area contributed by atoms with E-state index in [2.05, 4.69) is 21.2 Å². The molecule has 0 amide bonds. The van der Waals surface area contributed by atoms with Gasteiger partial charge in [-0.25, -0.2) is 0 Å². The molecule has 0 radical (unpaired) electrons. The highest BCUT2D eigenvalue weighted by Gasteiger charge is 2.24. The molecule has 1 aromatic carbocycles. The number of rotatable bonds is 4. The number of hydrogen-bond donors (Lipinski definition) is 2. The molecule has 84 valence electrons. The van der Waals surface area contributed by atoms with Crippen LogP contribution in [0.3, 0.4) is 0 Å². The van der Waals surface area contributed by atoms with Gasteiger partial charge >= 0.3 is 0 Å². The molecule has 0 aliphatic heterocycles. The molecule has 0 aliphatic carbocycles. The molecule has 0 aliphatic rings. The molecule has 15 heavy (non-hydrogen) atoms. The Morgan fingerprint density at radius 1 is 1.47 bits per heavy atom. The van der Waals surface area contributed by atoms with Crippen molar-refractivity contribution in [2.24, 2.45) is 5.92 Å². The molecule has 1 aromatic rings. The van der Waals surface area contributed by atoms with E-state index in [1.165, 1.54) is 0 Å². The summed E-state index contributed by atoms with van der Waals surface area (Å²) in [5.74, 6) is 0.233. The first-order valence-corrected chi connectivity index (χ1v) is 5.93. The van der Waals surface area contributed by atoms with Crippen molar-refractivity contribution in [3.8, 4) is 0 Å². The minimum Gasteiger partial charge on any atom is -0.388 e. The Balaban J connectivity index is 2.57. The molecule has 0 saturated carbocycles. The van der Waals surface area contributed by atoms with Gasteiger partial charge in [-0.15, -0.1) is 0 Å². The SMILES string of the molecule is CC(C)C(C)(O)CNc1cccc(Br)c1. The number of benzene rings is 1. The highest BCUT2D eigenvalue weighted by molar-refractivity contribution is 9.10. The molecule has 1 unspecified atom stereocenters. The van der Waals surface area contributed by atoms with Crippen molar-refractivity contribution in [3.05, 3.63) is 28.7 Å². The minimum atomic E-state index is -0.678. The summed E-state index contributed by atoms with van der Waals surface area (Å²) in [7, 11) is 0. The summed E-state index contributed by atoms with van der Waals surface area (Å²) in [6, 6.07) is 7.93. The van der Waals surface area contributed by atoms with Crippen molar-refractivity contribution in [2.75, 3.05) is 11.9 Å². The zero-order valence-corrected chi connectivity index (χ0v) is 11.0. The number of halogens is 1. The van der Waals surface area contributed by atoms with Crippen molar-refractivity contribution in [1.82, 2.24) is 0 Å². The van der Waals surface area contributed by atoms with Crippen molar-refractivity contribution < 1.29 is 5.11 Å². The molecule has 0 saturated heterocycles. The zero-order chi connectivity index (χ0) is 11.5. The largest absolute Gasteiger partial charge is 0.388 e. The van der Waals surface area contributed by atoms with Crippen molar-refractivity contribution in [3.63, 3.8) is 0 Å². The monoisotopic (exact) mass is 271 g/mol. The Hall–Kier alpha value is -0.540. The van der Waals surface area contributed by atoms with Crippen molar-refractivity contribution in [1.29, 1.82) is 0 Å². The van der Waals surface area contributed by atoms with Crippen molar-refractivity contribution >= 4 is 21.6 Å². The maximum Gasteiger partial charge on any atom is 0.0813 e. The lowest BCUT2D eigenvalue weighted by Gasteiger charge is -2.28. The summed E-state index contributed by atoms with van der Waals surface area (Å²) < 4.78 is 1.04. The second-order valence-electron chi connectivity index (χ2n) is 4.38. The van der Waals surface area contributed by atoms with Crippen LogP contribution in [0.5, 0.6) is 0 Å². The first kappa shape index (κ1) is 12.5. The van der Waals surface area contributed by atoms with E-state index in [1.807, 2.05) is 45.0 Å². The van der Waals surface area contributed by atoms with Crippen molar-refractivity contribution in [2.45, 2.75) is 26.4 Å². The molecule has 0 heterocycles. The lowest BCUT2D eigenvalue weighted by atomic mass is 9.92. The van der Waals surface area contributed by atoms with Crippen LogP contribution in [0.15, 0.2) is 28.7 Å². The minimum absolute atomic E-state index is 0.233. The Morgan fingerprint density at radius 2 is 2.13 bits per heavy atom. The second kappa shape index (κ2) is 4.99. The highest BCUT2D eigenvalue weighted by Crippen LogP contribution is 2.19. The van der Waals surface area contributed by atoms with Crippen LogP contribution in [-0.2, 0) is 0 Å². The van der Waals surface area contributed by atoms with Crippen LogP contribution in [-0.4, -0.2) is 17.3 Å². The van der Waals surface area contributed by atoms with Crippen LogP contribution < -0.4 is 5.32 Å². The van der Waals surface area contributed by atoms with Gasteiger partial charge in [-0.05, 0) is 31.0 Å². The van der Waals surface area contributed by atoms with Gasteiger partial charge in [0.15, 0.2) is 0 Å². The number of aliphatic hydroxyl groups is 1. The molecular formula is C12H18BrNO. The molecule has 2 nitrogen and oxygen atoms in total. The van der Waals surface area contributed by atoms with Crippen LogP contribution in [0, 0.1) is 5.92 Å². The average molecular weight is 272 g/mol. The number of hydrogen-bond acceptors (Lipinski definition) is 2. The topological polar surface area (TPSA) is 32.3 Å². The number of nitrogens with one attached hydrogen (secondary N) is 1. The highest BCUT2D eigenvalue weighted by atomic mass is 79.9. The van der Waals surface area contributed by atoms with Crippen LogP contribution in [0.1, 0.15) is 20.8 Å². The maximum atomic E-state index is 10.0. The summed E-state index contributed by atoms with van der Waals surface area (Å²) in [5, 5.41) is 13.3. The fourth-order valence-electron chi connectivity index (χ4n) is 1.08. The molecule has 0 aromatic heterocycles. The van der Waals surface area contributed by atoms with Gasteiger partial charge in [0.1, 0.15) is 0 Å². The molecule has 1 atom stereocenters. The van der Waals surface area contributed by atoms with Gasteiger partial charge < -0.3 is 10.4 Å². The Kier molecular flexibility index (Phi) is 4.17. The zero-order valence-electron chi connectivity index (χ0n) is 9.42. The van der Waals surface area contributed by atoms with Gasteiger partial charge in [0.25, 0.3) is 0 Å². The predicted molar refractivity (Wildman–Crippen MR) is 68.1 cm³/mol. The second-order valence-corrected chi connectivity index (χ2v) is 5.29. The molecule has 0 spiro atoms. The Bertz CT molecular complexity index is 323. The predicted octanol–water partition coefficient (Wildman–Crippen LogP) is 3.27. The summed E-state index contributed by atoms with van der Waals surface area (Å²) in [6.07, 6.45) is 0. The van der Waals surface area contributed by atoms with Gasteiger partial charge in [0.2, 0.25) is 0 Å². The van der Waals surface area contributed by atoms with Gasteiger partial charge in [-0.1, -0.05) is 35.8 Å². The van der Waals surface area contributed by atoms with E-state index < -0.39 is 5.60 Å². The maximum absolute atomic E-state index is 10.0. The van der Waals surface area contributed by atoms with E-state index in [1.54, 1.807) is 0 Å². The summed E-state index contributed by atoms with van der Waals surface area (Å²) >= 11 is 3.41. The third kappa shape index (κ3) is 3.84. The first-order chi connectivity index (χ1) is 6.92. The fraction of sp³-hybridized carbons (Fsp3) is 0.500. The Morgan fingerprint density at radius 3 is 2.67 bits per heavy atom. The van der Waals surface area contributed by atoms with E-state index in [0.717, 1.165) is 10.2 Å². The quantitative estimate of drug-likeness (QED) is 0.881. The standard InChI is InChI=1S/C12H18BrNO/c1-9(2)12(3,15)8-14-11-6-4-5-10(13)7-11/h4-7,9,14-15H,8H2,1-3H3. The summed E-state index contributed by atoms with van der Waals surface area (Å²) in [5.41, 5.74) is 0.341. The number of anilines is 1. The molecule has 0 fully saturated rings. The van der Waals surface area contributed by atoms with E-state index in [0.29, 0.717) is 6.54 Å². The molecule has 3 heteroatoms. The third-order valence-corrected chi connectivity index (χ3v) is 3.21. The van der Waals surface area contributed by atoms with E-state index in [9.17, 15) is 5.11 Å². The van der Waals surface area contributed by atoms with Crippen LogP contribution >= 0.6 is 15.9 Å². The molecule has 2 N–H and O–H groups in total. The summed E-state index contributed by atoms with van der Waals surface area (Å²) in [4.78, 5) is 0. The fourth-order valence-corrected chi connectivity index (χ4v) is 1.48. The van der Waals surface area contributed by atoms with Crippen LogP contribution in [0.2, 0.25) is 0 Å². The van der Waals surface area contributed by atoms with E-state index >= 15 is 0 Å². The van der Waals surface area contributed by atoms with Gasteiger partial charge in [-0.2, -0.15) is 0 Å². The average Bonchev–Trinajstić information content (AvgIpc) is 2.15. The lowest BCUT2D eigenvalue weighted by molar-refractivity contribution is 0.0266. The normalized spacial score (nSPS) is 15.1. The molecule has 1 rings (SSSR count). The van der Waals surface area contributed by atoms with E-state index in [4.69, 9.17) is 0 Å². The smallest absolute Gasteiger partial charge is 0.0813 e. The van der Waals surface area contributed by atoms with Gasteiger partial charge in [0.05, 0.1) is 5.60 Å². The molecule has 0 bridgehead atoms. The summed E-state index contributed by atoms with van der Waals surface area (Å²) in [6.45, 7) is 6.44. The Labute approximate surface area is 99.8 Å². The lowest BCUT2D eigenvalue weighted by Crippen LogP contribution is -2.38. The van der Waals surface area contributed by atoms with Gasteiger partial charge in [-0.3, -0.25) is 0 Å². The third-order valence-electron chi connectivity index (χ3n) is 2.72. The van der Waals surface area contributed by atoms with E-state index in [-0.39, 0.29) is 5.92 Å². The van der Waals surface area contributed by atoms with Gasteiger partial charge in [0, 0.05) is 16.7 Å². The molecular weight excluding hydrogens is 254 g/mol. The first-order valence-electron chi connectivity index (χ1n) is 5.13. The van der Waals surface area contributed by atoms with Crippen LogP contribution in [0.4, 0.5) is 5.69 Å². The van der Waals surface area contributed by atoms with Crippen LogP contribution in [0.25, 0.3) is 0 Å².